The number of carboxylic acids is 1. The molecule has 1 aromatic rings. The molecule has 0 bridgehead atoms. The van der Waals surface area contributed by atoms with Crippen molar-refractivity contribution in [2.24, 2.45) is 5.92 Å². The molecule has 0 radical (unpaired) electrons. The molecule has 2 amide bonds. The Hall–Kier alpha value is -2.48. The largest absolute Gasteiger partial charge is 0.481 e. The van der Waals surface area contributed by atoms with Crippen molar-refractivity contribution in [3.8, 4) is 0 Å². The summed E-state index contributed by atoms with van der Waals surface area (Å²) in [7, 11) is 1.70. The zero-order valence-corrected chi connectivity index (χ0v) is 15.1. The van der Waals surface area contributed by atoms with Crippen molar-refractivity contribution in [3.05, 3.63) is 30.1 Å². The summed E-state index contributed by atoms with van der Waals surface area (Å²) >= 11 is 0. The standard InChI is InChI=1S/C18H25N3O5/c1-12(9-16(23)24)26-8-4-7-20-18(25)14-10-15(22)21(2)17(14)13-5-3-6-19-11-13/h3,5-6,11-12,14,17H,4,7-10H2,1-2H3,(H,20,25)(H,23,24)/t12?,14-,17+/m0/s1. The highest BCUT2D eigenvalue weighted by Gasteiger charge is 2.42. The Morgan fingerprint density at radius 1 is 1.50 bits per heavy atom. The molecular formula is C18H25N3O5. The molecule has 0 spiro atoms. The van der Waals surface area contributed by atoms with E-state index in [9.17, 15) is 14.4 Å². The quantitative estimate of drug-likeness (QED) is 0.633. The Labute approximate surface area is 152 Å². The molecule has 142 valence electrons. The third-order valence-electron chi connectivity index (χ3n) is 4.43. The van der Waals surface area contributed by atoms with Crippen LogP contribution in [0, 0.1) is 5.92 Å². The van der Waals surface area contributed by atoms with Gasteiger partial charge in [0.05, 0.1) is 24.5 Å². The number of aliphatic carboxylic acids is 1. The number of carbonyl (C=O) groups is 3. The van der Waals surface area contributed by atoms with Crippen molar-refractivity contribution in [1.29, 1.82) is 0 Å². The zero-order valence-electron chi connectivity index (χ0n) is 15.1. The second kappa shape index (κ2) is 9.28. The summed E-state index contributed by atoms with van der Waals surface area (Å²) in [4.78, 5) is 40.8. The van der Waals surface area contributed by atoms with Crippen LogP contribution in [0.15, 0.2) is 24.5 Å². The fourth-order valence-corrected chi connectivity index (χ4v) is 3.12. The molecule has 1 fully saturated rings. The van der Waals surface area contributed by atoms with Crippen LogP contribution in [0.2, 0.25) is 0 Å². The maximum atomic E-state index is 12.5. The van der Waals surface area contributed by atoms with E-state index in [0.29, 0.717) is 19.6 Å². The lowest BCUT2D eigenvalue weighted by Crippen LogP contribution is -2.35. The smallest absolute Gasteiger partial charge is 0.305 e. The number of likely N-dealkylation sites (tertiary alicyclic amines) is 1. The molecule has 1 aromatic heterocycles. The monoisotopic (exact) mass is 363 g/mol. The van der Waals surface area contributed by atoms with Gasteiger partial charge >= 0.3 is 5.97 Å². The maximum absolute atomic E-state index is 12.5. The number of hydrogen-bond acceptors (Lipinski definition) is 5. The van der Waals surface area contributed by atoms with Gasteiger partial charge in [0, 0.05) is 39.0 Å². The van der Waals surface area contributed by atoms with E-state index >= 15 is 0 Å². The summed E-state index contributed by atoms with van der Waals surface area (Å²) in [5.41, 5.74) is 0.840. The summed E-state index contributed by atoms with van der Waals surface area (Å²) in [5.74, 6) is -1.59. The molecule has 26 heavy (non-hydrogen) atoms. The Morgan fingerprint density at radius 3 is 2.92 bits per heavy atom. The van der Waals surface area contributed by atoms with Crippen LogP contribution in [0.25, 0.3) is 0 Å². The molecule has 1 unspecified atom stereocenters. The van der Waals surface area contributed by atoms with Crippen LogP contribution in [0.4, 0.5) is 0 Å². The van der Waals surface area contributed by atoms with Crippen molar-refractivity contribution in [2.75, 3.05) is 20.2 Å². The predicted molar refractivity (Wildman–Crippen MR) is 93.1 cm³/mol. The van der Waals surface area contributed by atoms with Crippen molar-refractivity contribution >= 4 is 17.8 Å². The molecule has 0 aliphatic carbocycles. The van der Waals surface area contributed by atoms with Crippen LogP contribution in [0.1, 0.15) is 37.8 Å². The maximum Gasteiger partial charge on any atom is 0.305 e. The summed E-state index contributed by atoms with van der Waals surface area (Å²) < 4.78 is 5.38. The highest BCUT2D eigenvalue weighted by Crippen LogP contribution is 2.36. The summed E-state index contributed by atoms with van der Waals surface area (Å²) in [5, 5.41) is 11.5. The van der Waals surface area contributed by atoms with Gasteiger partial charge in [-0.1, -0.05) is 6.07 Å². The van der Waals surface area contributed by atoms with Crippen LogP contribution in [0.3, 0.4) is 0 Å². The van der Waals surface area contributed by atoms with Crippen LogP contribution >= 0.6 is 0 Å². The average Bonchev–Trinajstić information content (AvgIpc) is 2.90. The molecule has 3 atom stereocenters. The van der Waals surface area contributed by atoms with Gasteiger partial charge in [-0.15, -0.1) is 0 Å². The van der Waals surface area contributed by atoms with E-state index < -0.39 is 11.9 Å². The predicted octanol–water partition coefficient (Wildman–Crippen LogP) is 0.987. The number of ether oxygens (including phenoxy) is 1. The van der Waals surface area contributed by atoms with Crippen LogP contribution < -0.4 is 5.32 Å². The number of aromatic nitrogens is 1. The lowest BCUT2D eigenvalue weighted by Gasteiger charge is -2.24. The molecule has 2 N–H and O–H groups in total. The number of amides is 2. The van der Waals surface area contributed by atoms with Gasteiger partial charge in [-0.3, -0.25) is 19.4 Å². The van der Waals surface area contributed by atoms with Gasteiger partial charge in [-0.2, -0.15) is 0 Å². The summed E-state index contributed by atoms with van der Waals surface area (Å²) in [6, 6.07) is 3.34. The molecule has 0 saturated carbocycles. The first-order valence-electron chi connectivity index (χ1n) is 8.66. The van der Waals surface area contributed by atoms with Crippen LogP contribution in [0.5, 0.6) is 0 Å². The molecule has 2 heterocycles. The van der Waals surface area contributed by atoms with Crippen LogP contribution in [-0.4, -0.2) is 59.1 Å². The van der Waals surface area contributed by atoms with E-state index in [1.165, 1.54) is 0 Å². The number of hydrogen-bond donors (Lipinski definition) is 2. The third-order valence-corrected chi connectivity index (χ3v) is 4.43. The number of nitrogens with one attached hydrogen (secondary N) is 1. The van der Waals surface area contributed by atoms with Gasteiger partial charge in [-0.05, 0) is 25.0 Å². The van der Waals surface area contributed by atoms with Crippen molar-refractivity contribution in [2.45, 2.75) is 38.3 Å². The third kappa shape index (κ3) is 5.26. The summed E-state index contributed by atoms with van der Waals surface area (Å²) in [6.45, 7) is 2.47. The van der Waals surface area contributed by atoms with Crippen molar-refractivity contribution in [3.63, 3.8) is 0 Å². The number of carbonyl (C=O) groups excluding carboxylic acids is 2. The van der Waals surface area contributed by atoms with Gasteiger partial charge in [0.1, 0.15) is 0 Å². The molecule has 1 saturated heterocycles. The molecule has 8 nitrogen and oxygen atoms in total. The van der Waals surface area contributed by atoms with E-state index in [1.54, 1.807) is 37.3 Å². The van der Waals surface area contributed by atoms with Crippen molar-refractivity contribution in [1.82, 2.24) is 15.2 Å². The first-order chi connectivity index (χ1) is 12.4. The lowest BCUT2D eigenvalue weighted by molar-refractivity contribution is -0.139. The zero-order chi connectivity index (χ0) is 19.1. The van der Waals surface area contributed by atoms with E-state index in [2.05, 4.69) is 10.3 Å². The highest BCUT2D eigenvalue weighted by molar-refractivity contribution is 5.90. The summed E-state index contributed by atoms with van der Waals surface area (Å²) in [6.07, 6.45) is 3.67. The van der Waals surface area contributed by atoms with Crippen LogP contribution in [-0.2, 0) is 19.1 Å². The molecule has 0 aromatic carbocycles. The Kier molecular flexibility index (Phi) is 7.08. The fourth-order valence-electron chi connectivity index (χ4n) is 3.12. The molecular weight excluding hydrogens is 338 g/mol. The van der Waals surface area contributed by atoms with Gasteiger partial charge in [0.15, 0.2) is 0 Å². The normalized spacial score (nSPS) is 20.8. The molecule has 1 aliphatic heterocycles. The Bertz CT molecular complexity index is 637. The highest BCUT2D eigenvalue weighted by atomic mass is 16.5. The minimum atomic E-state index is -0.901. The molecule has 2 rings (SSSR count). The van der Waals surface area contributed by atoms with Gasteiger partial charge in [-0.25, -0.2) is 0 Å². The number of rotatable bonds is 9. The van der Waals surface area contributed by atoms with E-state index in [4.69, 9.17) is 9.84 Å². The number of pyridine rings is 1. The topological polar surface area (TPSA) is 109 Å². The van der Waals surface area contributed by atoms with E-state index in [1.807, 2.05) is 6.07 Å². The Morgan fingerprint density at radius 2 is 2.27 bits per heavy atom. The average molecular weight is 363 g/mol. The number of nitrogens with zero attached hydrogens (tertiary/aromatic N) is 2. The van der Waals surface area contributed by atoms with Gasteiger partial charge in [0.25, 0.3) is 0 Å². The Balaban J connectivity index is 1.82. The molecule has 8 heteroatoms. The minimum Gasteiger partial charge on any atom is -0.481 e. The molecule has 1 aliphatic rings. The first kappa shape index (κ1) is 19.8. The second-order valence-electron chi connectivity index (χ2n) is 6.47. The van der Waals surface area contributed by atoms with E-state index in [0.717, 1.165) is 5.56 Å². The van der Waals surface area contributed by atoms with Crippen molar-refractivity contribution < 1.29 is 24.2 Å². The SMILES string of the molecule is CC(CC(=O)O)OCCCNC(=O)[C@H]1CC(=O)N(C)[C@@H]1c1cccnc1. The number of carboxylic acid groups (broad SMARTS) is 1. The first-order valence-corrected chi connectivity index (χ1v) is 8.66. The fraction of sp³-hybridized carbons (Fsp3) is 0.556. The second-order valence-corrected chi connectivity index (χ2v) is 6.47. The minimum absolute atomic E-state index is 0.0460. The van der Waals surface area contributed by atoms with Gasteiger partial charge in [0.2, 0.25) is 11.8 Å². The van der Waals surface area contributed by atoms with Gasteiger partial charge < -0.3 is 20.1 Å². The lowest BCUT2D eigenvalue weighted by atomic mass is 9.94. The van der Waals surface area contributed by atoms with E-state index in [-0.39, 0.29) is 36.8 Å².